The summed E-state index contributed by atoms with van der Waals surface area (Å²) < 4.78 is 0. The molecule has 0 aliphatic carbocycles. The minimum atomic E-state index is -0.151. The third-order valence-electron chi connectivity index (χ3n) is 6.52. The van der Waals surface area contributed by atoms with Crippen molar-refractivity contribution in [3.8, 4) is 0 Å². The van der Waals surface area contributed by atoms with Gasteiger partial charge in [0.25, 0.3) is 0 Å². The number of fused-ring (bicyclic) bond motifs is 1. The molecule has 7 nitrogen and oxygen atoms in total. The molecule has 0 radical (unpaired) electrons. The summed E-state index contributed by atoms with van der Waals surface area (Å²) in [7, 11) is 0. The summed E-state index contributed by atoms with van der Waals surface area (Å²) in [4.78, 5) is 31.7. The van der Waals surface area contributed by atoms with Crippen LogP contribution >= 0.6 is 0 Å². The Morgan fingerprint density at radius 1 is 0.857 bits per heavy atom. The summed E-state index contributed by atoms with van der Waals surface area (Å²) in [5, 5.41) is 8.82. The van der Waals surface area contributed by atoms with Crippen LogP contribution in [0.2, 0.25) is 0 Å². The first-order valence-electron chi connectivity index (χ1n) is 12.1. The van der Waals surface area contributed by atoms with Gasteiger partial charge in [-0.3, -0.25) is 9.59 Å². The van der Waals surface area contributed by atoms with E-state index in [1.54, 1.807) is 0 Å². The normalized spacial score (nSPS) is 14.9. The van der Waals surface area contributed by atoms with E-state index in [-0.39, 0.29) is 24.7 Å². The largest absolute Gasteiger partial charge is 0.352 e. The summed E-state index contributed by atoms with van der Waals surface area (Å²) in [5.41, 5.74) is 5.64. The SMILES string of the molecule is O=C(CCC(=O)N1CCC(c2ccccc2)=N1)NCc1ccc(N2CCc3ccccc3C2)nc1. The van der Waals surface area contributed by atoms with Crippen molar-refractivity contribution in [3.63, 3.8) is 0 Å². The van der Waals surface area contributed by atoms with E-state index in [0.29, 0.717) is 13.1 Å². The van der Waals surface area contributed by atoms with Crippen molar-refractivity contribution in [2.24, 2.45) is 5.10 Å². The van der Waals surface area contributed by atoms with Crippen molar-refractivity contribution in [1.29, 1.82) is 0 Å². The molecule has 0 saturated carbocycles. The topological polar surface area (TPSA) is 77.9 Å². The highest BCUT2D eigenvalue weighted by molar-refractivity contribution is 6.02. The third kappa shape index (κ3) is 5.57. The Hall–Kier alpha value is -4.00. The molecule has 0 spiro atoms. The van der Waals surface area contributed by atoms with Gasteiger partial charge < -0.3 is 10.2 Å². The summed E-state index contributed by atoms with van der Waals surface area (Å²) in [6.07, 6.45) is 3.85. The number of carbonyl (C=O) groups is 2. The van der Waals surface area contributed by atoms with E-state index in [2.05, 4.69) is 44.6 Å². The van der Waals surface area contributed by atoms with E-state index in [4.69, 9.17) is 0 Å². The molecule has 2 aliphatic heterocycles. The molecule has 0 atom stereocenters. The van der Waals surface area contributed by atoms with Crippen molar-refractivity contribution < 1.29 is 9.59 Å². The molecule has 0 fully saturated rings. The van der Waals surface area contributed by atoms with Crippen LogP contribution < -0.4 is 10.2 Å². The van der Waals surface area contributed by atoms with E-state index in [0.717, 1.165) is 48.6 Å². The van der Waals surface area contributed by atoms with E-state index < -0.39 is 0 Å². The Kier molecular flexibility index (Phi) is 6.84. The zero-order valence-corrected chi connectivity index (χ0v) is 19.7. The maximum Gasteiger partial charge on any atom is 0.243 e. The number of anilines is 1. The number of carbonyl (C=O) groups excluding carboxylic acids is 2. The highest BCUT2D eigenvalue weighted by Gasteiger charge is 2.22. The van der Waals surface area contributed by atoms with Gasteiger partial charge >= 0.3 is 0 Å². The summed E-state index contributed by atoms with van der Waals surface area (Å²) in [6.45, 7) is 2.76. The Bertz CT molecular complexity index is 1220. The number of aromatic nitrogens is 1. The lowest BCUT2D eigenvalue weighted by molar-refractivity contribution is -0.133. The smallest absolute Gasteiger partial charge is 0.243 e. The van der Waals surface area contributed by atoms with Crippen molar-refractivity contribution in [2.45, 2.75) is 38.8 Å². The maximum atomic E-state index is 12.5. The van der Waals surface area contributed by atoms with Gasteiger partial charge in [0, 0.05) is 45.1 Å². The van der Waals surface area contributed by atoms with Crippen molar-refractivity contribution in [1.82, 2.24) is 15.3 Å². The van der Waals surface area contributed by atoms with Gasteiger partial charge in [0.2, 0.25) is 11.8 Å². The number of hydrogen-bond donors (Lipinski definition) is 1. The number of rotatable bonds is 7. The minimum absolute atomic E-state index is 0.125. The molecule has 5 rings (SSSR count). The minimum Gasteiger partial charge on any atom is -0.352 e. The van der Waals surface area contributed by atoms with Crippen LogP contribution in [0.4, 0.5) is 5.82 Å². The number of benzene rings is 2. The van der Waals surface area contributed by atoms with E-state index in [1.165, 1.54) is 16.1 Å². The molecule has 3 aromatic rings. The van der Waals surface area contributed by atoms with Gasteiger partial charge in [-0.2, -0.15) is 5.10 Å². The molecule has 178 valence electrons. The van der Waals surface area contributed by atoms with Gasteiger partial charge in [-0.1, -0.05) is 60.7 Å². The standard InChI is InChI=1S/C28H29N5O2/c34-27(12-13-28(35)33-17-15-25(31-33)23-7-2-1-3-8-23)30-19-21-10-11-26(29-18-21)32-16-14-22-6-4-5-9-24(22)20-32/h1-11,18H,12-17,19-20H2,(H,30,34). The first-order chi connectivity index (χ1) is 17.2. The van der Waals surface area contributed by atoms with Crippen LogP contribution in [0.15, 0.2) is 78.0 Å². The second-order valence-electron chi connectivity index (χ2n) is 8.92. The maximum absolute atomic E-state index is 12.5. The number of hydrogen-bond acceptors (Lipinski definition) is 5. The number of amides is 2. The monoisotopic (exact) mass is 467 g/mol. The molecule has 35 heavy (non-hydrogen) atoms. The van der Waals surface area contributed by atoms with Gasteiger partial charge in [-0.05, 0) is 34.7 Å². The van der Waals surface area contributed by atoms with Crippen molar-refractivity contribution >= 4 is 23.3 Å². The Labute approximate surface area is 205 Å². The Balaban J connectivity index is 1.07. The first-order valence-corrected chi connectivity index (χ1v) is 12.1. The fraction of sp³-hybridized carbons (Fsp3) is 0.286. The van der Waals surface area contributed by atoms with Gasteiger partial charge in [-0.25, -0.2) is 9.99 Å². The number of nitrogens with one attached hydrogen (secondary N) is 1. The fourth-order valence-electron chi connectivity index (χ4n) is 4.51. The second kappa shape index (κ2) is 10.5. The van der Waals surface area contributed by atoms with E-state index in [9.17, 15) is 9.59 Å². The molecular weight excluding hydrogens is 438 g/mol. The molecule has 2 aliphatic rings. The quantitative estimate of drug-likeness (QED) is 0.575. The van der Waals surface area contributed by atoms with Gasteiger partial charge in [0.15, 0.2) is 0 Å². The van der Waals surface area contributed by atoms with Crippen molar-refractivity contribution in [3.05, 3.63) is 95.2 Å². The predicted molar refractivity (Wildman–Crippen MR) is 136 cm³/mol. The van der Waals surface area contributed by atoms with Crippen LogP contribution in [0.25, 0.3) is 0 Å². The molecule has 0 saturated heterocycles. The van der Waals surface area contributed by atoms with Gasteiger partial charge in [0.1, 0.15) is 5.82 Å². The summed E-state index contributed by atoms with van der Waals surface area (Å²) in [5.74, 6) is 0.669. The summed E-state index contributed by atoms with van der Waals surface area (Å²) >= 11 is 0. The fourth-order valence-corrected chi connectivity index (χ4v) is 4.51. The average molecular weight is 468 g/mol. The van der Waals surface area contributed by atoms with Crippen LogP contribution in [0.1, 0.15) is 41.5 Å². The molecule has 1 aromatic heterocycles. The van der Waals surface area contributed by atoms with Crippen LogP contribution in [-0.4, -0.2) is 40.6 Å². The molecule has 3 heterocycles. The summed E-state index contributed by atoms with van der Waals surface area (Å²) in [6, 6.07) is 22.4. The highest BCUT2D eigenvalue weighted by atomic mass is 16.2. The van der Waals surface area contributed by atoms with Crippen LogP contribution in [0.5, 0.6) is 0 Å². The predicted octanol–water partition coefficient (Wildman–Crippen LogP) is 3.68. The van der Waals surface area contributed by atoms with Crippen LogP contribution in [0.3, 0.4) is 0 Å². The lowest BCUT2D eigenvalue weighted by Gasteiger charge is -2.29. The van der Waals surface area contributed by atoms with Crippen molar-refractivity contribution in [2.75, 3.05) is 18.0 Å². The van der Waals surface area contributed by atoms with E-state index >= 15 is 0 Å². The third-order valence-corrected chi connectivity index (χ3v) is 6.52. The highest BCUT2D eigenvalue weighted by Crippen LogP contribution is 2.23. The molecule has 0 unspecified atom stereocenters. The number of pyridine rings is 1. The van der Waals surface area contributed by atoms with Gasteiger partial charge in [-0.15, -0.1) is 0 Å². The van der Waals surface area contributed by atoms with Gasteiger partial charge in [0.05, 0.1) is 12.3 Å². The number of hydrazone groups is 1. The molecular formula is C28H29N5O2. The second-order valence-corrected chi connectivity index (χ2v) is 8.92. The average Bonchev–Trinajstić information content (AvgIpc) is 3.42. The molecule has 7 heteroatoms. The molecule has 2 aromatic carbocycles. The first kappa shape index (κ1) is 22.8. The van der Waals surface area contributed by atoms with E-state index in [1.807, 2.05) is 48.7 Å². The lowest BCUT2D eigenvalue weighted by Crippen LogP contribution is -2.31. The number of nitrogens with zero attached hydrogens (tertiary/aromatic N) is 4. The van der Waals surface area contributed by atoms with Crippen LogP contribution in [-0.2, 0) is 29.1 Å². The molecule has 0 bridgehead atoms. The lowest BCUT2D eigenvalue weighted by atomic mass is 10.00. The Morgan fingerprint density at radius 3 is 2.46 bits per heavy atom. The molecule has 2 amide bonds. The molecule has 1 N–H and O–H groups in total. The Morgan fingerprint density at radius 2 is 1.66 bits per heavy atom. The zero-order valence-electron chi connectivity index (χ0n) is 19.7. The van der Waals surface area contributed by atoms with Crippen LogP contribution in [0, 0.1) is 0 Å². The zero-order chi connectivity index (χ0) is 24.0.